The van der Waals surface area contributed by atoms with Gasteiger partial charge in [-0.15, -0.1) is 5.10 Å². The standard InChI is InChI=1S/C22H24N8O2/c1-3-18(4-2-17(1)14-29-9-11-31-12-10-29)25-21-15-30(28-26-21)27-19-5-7-20(8-6-19)32-22-13-23-16-24-22/h1-8,13,15-16,25,27H,9-12,14H2,(H,23,24). The topological polar surface area (TPSA) is 105 Å². The van der Waals surface area contributed by atoms with Crippen molar-refractivity contribution in [2.75, 3.05) is 37.0 Å². The molecular formula is C22H24N8O2. The van der Waals surface area contributed by atoms with E-state index in [1.165, 1.54) is 5.56 Å². The molecule has 3 N–H and O–H groups in total. The number of imidazole rings is 1. The fraction of sp³-hybridized carbons (Fsp3) is 0.227. The molecule has 32 heavy (non-hydrogen) atoms. The molecule has 10 heteroatoms. The van der Waals surface area contributed by atoms with Crippen molar-refractivity contribution in [3.8, 4) is 11.6 Å². The second-order valence-corrected chi connectivity index (χ2v) is 7.41. The van der Waals surface area contributed by atoms with E-state index in [1.807, 2.05) is 24.3 Å². The molecule has 1 aliphatic rings. The number of anilines is 3. The van der Waals surface area contributed by atoms with Crippen molar-refractivity contribution in [3.63, 3.8) is 0 Å². The summed E-state index contributed by atoms with van der Waals surface area (Å²) in [5.74, 6) is 1.95. The lowest BCUT2D eigenvalue weighted by atomic mass is 10.2. The van der Waals surface area contributed by atoms with Gasteiger partial charge in [0.25, 0.3) is 0 Å². The van der Waals surface area contributed by atoms with E-state index in [4.69, 9.17) is 9.47 Å². The van der Waals surface area contributed by atoms with E-state index in [0.29, 0.717) is 17.4 Å². The summed E-state index contributed by atoms with van der Waals surface area (Å²) in [7, 11) is 0. The van der Waals surface area contributed by atoms with E-state index in [0.717, 1.165) is 44.2 Å². The van der Waals surface area contributed by atoms with Gasteiger partial charge in [0.05, 0.1) is 37.6 Å². The maximum Gasteiger partial charge on any atom is 0.217 e. The van der Waals surface area contributed by atoms with E-state index >= 15 is 0 Å². The smallest absolute Gasteiger partial charge is 0.217 e. The predicted molar refractivity (Wildman–Crippen MR) is 120 cm³/mol. The SMILES string of the molecule is c1ncc(Oc2ccc(Nn3cc(Nc4ccc(CN5CCOCC5)cc4)nn3)cc2)[nH]1. The van der Waals surface area contributed by atoms with Gasteiger partial charge >= 0.3 is 0 Å². The number of aromatic amines is 1. The predicted octanol–water partition coefficient (Wildman–Crippen LogP) is 3.24. The molecule has 0 aliphatic carbocycles. The van der Waals surface area contributed by atoms with Gasteiger partial charge in [-0.3, -0.25) is 10.3 Å². The van der Waals surface area contributed by atoms with Crippen LogP contribution in [0.5, 0.6) is 11.6 Å². The number of morpholine rings is 1. The van der Waals surface area contributed by atoms with Crippen LogP contribution in [0.1, 0.15) is 5.56 Å². The first-order valence-corrected chi connectivity index (χ1v) is 10.4. The average molecular weight is 432 g/mol. The Kier molecular flexibility index (Phi) is 5.95. The maximum atomic E-state index is 5.65. The van der Waals surface area contributed by atoms with Crippen molar-refractivity contribution < 1.29 is 9.47 Å². The molecule has 1 fully saturated rings. The number of aromatic nitrogens is 5. The number of H-pyrrole nitrogens is 1. The molecule has 5 rings (SSSR count). The molecule has 0 saturated carbocycles. The van der Waals surface area contributed by atoms with Gasteiger partial charge < -0.3 is 19.8 Å². The summed E-state index contributed by atoms with van der Waals surface area (Å²) in [6, 6.07) is 15.9. The molecule has 2 aromatic carbocycles. The number of nitrogens with one attached hydrogen (secondary N) is 3. The number of ether oxygens (including phenoxy) is 2. The largest absolute Gasteiger partial charge is 0.439 e. The molecule has 1 aliphatic heterocycles. The van der Waals surface area contributed by atoms with E-state index in [2.05, 4.69) is 60.2 Å². The second-order valence-electron chi connectivity index (χ2n) is 7.41. The van der Waals surface area contributed by atoms with Crippen molar-refractivity contribution in [1.29, 1.82) is 0 Å². The number of benzene rings is 2. The maximum absolute atomic E-state index is 5.65. The molecule has 0 unspecified atom stereocenters. The lowest BCUT2D eigenvalue weighted by Crippen LogP contribution is -2.35. The van der Waals surface area contributed by atoms with Crippen LogP contribution < -0.4 is 15.5 Å². The lowest BCUT2D eigenvalue weighted by Gasteiger charge is -2.26. The Balaban J connectivity index is 1.14. The summed E-state index contributed by atoms with van der Waals surface area (Å²) < 4.78 is 11.1. The van der Waals surface area contributed by atoms with Crippen LogP contribution in [0.4, 0.5) is 17.2 Å². The van der Waals surface area contributed by atoms with E-state index < -0.39 is 0 Å². The molecule has 0 amide bonds. The number of hydrogen-bond acceptors (Lipinski definition) is 8. The van der Waals surface area contributed by atoms with Gasteiger partial charge in [-0.25, -0.2) is 4.98 Å². The Morgan fingerprint density at radius 2 is 1.78 bits per heavy atom. The highest BCUT2D eigenvalue weighted by molar-refractivity contribution is 5.55. The van der Waals surface area contributed by atoms with Crippen molar-refractivity contribution in [2.45, 2.75) is 6.54 Å². The molecule has 1 saturated heterocycles. The van der Waals surface area contributed by atoms with Gasteiger partial charge in [0.15, 0.2) is 5.82 Å². The first kappa shape index (κ1) is 20.0. The van der Waals surface area contributed by atoms with Gasteiger partial charge in [0.2, 0.25) is 5.88 Å². The number of hydrogen-bond donors (Lipinski definition) is 3. The lowest BCUT2D eigenvalue weighted by molar-refractivity contribution is 0.0342. The molecular weight excluding hydrogens is 408 g/mol. The summed E-state index contributed by atoms with van der Waals surface area (Å²) >= 11 is 0. The van der Waals surface area contributed by atoms with Gasteiger partial charge in [0.1, 0.15) is 5.75 Å². The summed E-state index contributed by atoms with van der Waals surface area (Å²) in [6.07, 6.45) is 4.98. The zero-order chi connectivity index (χ0) is 21.6. The zero-order valence-electron chi connectivity index (χ0n) is 17.4. The third kappa shape index (κ3) is 5.23. The van der Waals surface area contributed by atoms with E-state index in [1.54, 1.807) is 23.5 Å². The van der Waals surface area contributed by atoms with Crippen LogP contribution in [-0.2, 0) is 11.3 Å². The summed E-state index contributed by atoms with van der Waals surface area (Å²) in [5, 5.41) is 11.6. The van der Waals surface area contributed by atoms with Crippen molar-refractivity contribution in [2.24, 2.45) is 0 Å². The second kappa shape index (κ2) is 9.50. The van der Waals surface area contributed by atoms with Crippen LogP contribution in [0.3, 0.4) is 0 Å². The van der Waals surface area contributed by atoms with Crippen LogP contribution >= 0.6 is 0 Å². The third-order valence-electron chi connectivity index (χ3n) is 5.03. The average Bonchev–Trinajstić information content (AvgIpc) is 3.49. The number of rotatable bonds is 8. The van der Waals surface area contributed by atoms with Crippen molar-refractivity contribution in [1.82, 2.24) is 30.0 Å². The third-order valence-corrected chi connectivity index (χ3v) is 5.03. The summed E-state index contributed by atoms with van der Waals surface area (Å²) in [4.78, 5) is 10.8. The highest BCUT2D eigenvalue weighted by Crippen LogP contribution is 2.21. The molecule has 0 radical (unpaired) electrons. The number of nitrogens with zero attached hydrogens (tertiary/aromatic N) is 5. The minimum absolute atomic E-state index is 0.590. The van der Waals surface area contributed by atoms with Crippen molar-refractivity contribution >= 4 is 17.2 Å². The molecule has 4 aromatic rings. The van der Waals surface area contributed by atoms with E-state index in [-0.39, 0.29) is 0 Å². The van der Waals surface area contributed by atoms with Crippen LogP contribution in [0.25, 0.3) is 0 Å². The van der Waals surface area contributed by atoms with Gasteiger partial charge in [-0.05, 0) is 47.2 Å². The van der Waals surface area contributed by atoms with E-state index in [9.17, 15) is 0 Å². The zero-order valence-corrected chi connectivity index (χ0v) is 17.4. The first-order chi connectivity index (χ1) is 15.8. The van der Waals surface area contributed by atoms with Crippen LogP contribution in [0, 0.1) is 0 Å². The quantitative estimate of drug-likeness (QED) is 0.390. The minimum Gasteiger partial charge on any atom is -0.439 e. The van der Waals surface area contributed by atoms with Crippen LogP contribution in [0.15, 0.2) is 67.3 Å². The Bertz CT molecular complexity index is 1100. The highest BCUT2D eigenvalue weighted by Gasteiger charge is 2.10. The van der Waals surface area contributed by atoms with Crippen molar-refractivity contribution in [3.05, 3.63) is 72.8 Å². The summed E-state index contributed by atoms with van der Waals surface area (Å²) in [6.45, 7) is 4.53. The van der Waals surface area contributed by atoms with Gasteiger partial charge in [-0.2, -0.15) is 4.79 Å². The molecule has 0 spiro atoms. The van der Waals surface area contributed by atoms with Gasteiger partial charge in [0, 0.05) is 25.3 Å². The molecule has 164 valence electrons. The fourth-order valence-corrected chi connectivity index (χ4v) is 3.39. The van der Waals surface area contributed by atoms with Crippen LogP contribution in [0.2, 0.25) is 0 Å². The molecule has 3 heterocycles. The van der Waals surface area contributed by atoms with Gasteiger partial charge in [-0.1, -0.05) is 12.1 Å². The molecule has 2 aromatic heterocycles. The Labute approximate surface area is 185 Å². The Morgan fingerprint density at radius 3 is 2.53 bits per heavy atom. The molecule has 0 atom stereocenters. The van der Waals surface area contributed by atoms with Crippen LogP contribution in [-0.4, -0.2) is 56.3 Å². The monoisotopic (exact) mass is 432 g/mol. The Morgan fingerprint density at radius 1 is 1.00 bits per heavy atom. The highest BCUT2D eigenvalue weighted by atomic mass is 16.5. The molecule has 0 bridgehead atoms. The summed E-state index contributed by atoms with van der Waals surface area (Å²) in [5.41, 5.74) is 6.26. The normalized spacial score (nSPS) is 14.2. The first-order valence-electron chi connectivity index (χ1n) is 10.4. The minimum atomic E-state index is 0.590. The Hall–Kier alpha value is -3.89. The molecule has 10 nitrogen and oxygen atoms in total. The fourth-order valence-electron chi connectivity index (χ4n) is 3.39.